The van der Waals surface area contributed by atoms with Crippen LogP contribution in [0.5, 0.6) is 0 Å². The Morgan fingerprint density at radius 2 is 1.07 bits per heavy atom. The predicted molar refractivity (Wildman–Crippen MR) is 140 cm³/mol. The van der Waals surface area contributed by atoms with E-state index in [1.165, 1.54) is 41.5 Å². The van der Waals surface area contributed by atoms with Crippen molar-refractivity contribution in [1.82, 2.24) is 10.6 Å². The van der Waals surface area contributed by atoms with Crippen LogP contribution in [0.1, 0.15) is 81.1 Å². The van der Waals surface area contributed by atoms with Crippen LogP contribution in [-0.4, -0.2) is 82.8 Å². The molecule has 0 fully saturated rings. The Morgan fingerprint density at radius 3 is 1.55 bits per heavy atom. The smallest absolute Gasteiger partial charge is 0.407 e. The van der Waals surface area contributed by atoms with E-state index < -0.39 is 71.3 Å². The molecule has 0 saturated carbocycles. The summed E-state index contributed by atoms with van der Waals surface area (Å²) in [6, 6.07) is 0. The first-order chi connectivity index (χ1) is 18.3. The fraction of sp³-hybridized carbons (Fsp3) is 0.769. The molecule has 0 aromatic rings. The van der Waals surface area contributed by atoms with Crippen LogP contribution in [0.3, 0.4) is 0 Å². The van der Waals surface area contributed by atoms with Crippen molar-refractivity contribution in [3.05, 3.63) is 0 Å². The number of esters is 2. The topological polar surface area (TPSA) is 204 Å². The zero-order valence-corrected chi connectivity index (χ0v) is 24.5. The number of alkyl carbamates (subject to hydrolysis) is 2. The minimum Gasteiger partial charge on any atom is -0.481 e. The van der Waals surface area contributed by atoms with Crippen LogP contribution in [0.25, 0.3) is 0 Å². The van der Waals surface area contributed by atoms with Gasteiger partial charge in [-0.2, -0.15) is 0 Å². The lowest BCUT2D eigenvalue weighted by molar-refractivity contribution is -0.177. The molecule has 0 aromatic carbocycles. The minimum absolute atomic E-state index is 0.284. The third-order valence-corrected chi connectivity index (χ3v) is 6.43. The standard InChI is InChI=1S/C26H44N2O12/c1-15(19(29)30)25(5,6)39-21(33)16(2)26(7,8)40-24(36)28-14-12-10-9-11-13-27-23(35)38-18(4)22(34)37-17(3)20(31)32/h15-18H,9-14H2,1-8H3,(H,27,35)(H,28,36)(H,29,30)(H,31,32). The third kappa shape index (κ3) is 13.5. The molecule has 0 rings (SSSR count). The van der Waals surface area contributed by atoms with Crippen molar-refractivity contribution < 1.29 is 57.9 Å². The van der Waals surface area contributed by atoms with Crippen LogP contribution in [0.15, 0.2) is 0 Å². The Hall–Kier alpha value is -3.58. The molecule has 4 unspecified atom stereocenters. The second-order valence-electron chi connectivity index (χ2n) is 10.5. The lowest BCUT2D eigenvalue weighted by Gasteiger charge is -2.34. The lowest BCUT2D eigenvalue weighted by Crippen LogP contribution is -2.47. The molecule has 4 atom stereocenters. The first kappa shape index (κ1) is 36.4. The molecule has 40 heavy (non-hydrogen) atoms. The molecule has 0 spiro atoms. The number of unbranched alkanes of at least 4 members (excludes halogenated alkanes) is 3. The highest BCUT2D eigenvalue weighted by atomic mass is 16.6. The van der Waals surface area contributed by atoms with Gasteiger partial charge in [0.2, 0.25) is 0 Å². The highest BCUT2D eigenvalue weighted by molar-refractivity contribution is 5.82. The SMILES string of the molecule is CC(OC(=O)C(C)OC(=O)NCCCCCCNC(=O)OC(C)(C)C(C)C(=O)OC(C)(C)C(C)C(=O)O)C(=O)O. The van der Waals surface area contributed by atoms with Gasteiger partial charge in [0, 0.05) is 13.1 Å². The largest absolute Gasteiger partial charge is 0.481 e. The summed E-state index contributed by atoms with van der Waals surface area (Å²) >= 11 is 0. The monoisotopic (exact) mass is 576 g/mol. The fourth-order valence-corrected chi connectivity index (χ4v) is 2.94. The van der Waals surface area contributed by atoms with E-state index in [2.05, 4.69) is 15.4 Å². The Kier molecular flexibility index (Phi) is 15.0. The quantitative estimate of drug-likeness (QED) is 0.112. The van der Waals surface area contributed by atoms with E-state index in [4.69, 9.17) is 19.3 Å². The average Bonchev–Trinajstić information content (AvgIpc) is 2.83. The fourth-order valence-electron chi connectivity index (χ4n) is 2.94. The van der Waals surface area contributed by atoms with Crippen LogP contribution >= 0.6 is 0 Å². The molecular weight excluding hydrogens is 532 g/mol. The number of carbonyl (C=O) groups excluding carboxylic acids is 4. The number of rotatable bonds is 17. The Bertz CT molecular complexity index is 902. The molecule has 0 aliphatic rings. The molecule has 0 aliphatic carbocycles. The summed E-state index contributed by atoms with van der Waals surface area (Å²) in [6.45, 7) is 12.2. The van der Waals surface area contributed by atoms with Crippen molar-refractivity contribution in [2.24, 2.45) is 11.8 Å². The summed E-state index contributed by atoms with van der Waals surface area (Å²) in [5, 5.41) is 23.0. The van der Waals surface area contributed by atoms with Gasteiger partial charge in [0.15, 0.2) is 12.2 Å². The molecule has 0 aromatic heterocycles. The Morgan fingerprint density at radius 1 is 0.600 bits per heavy atom. The first-order valence-electron chi connectivity index (χ1n) is 13.1. The lowest BCUT2D eigenvalue weighted by atomic mass is 9.90. The zero-order chi connectivity index (χ0) is 31.3. The van der Waals surface area contributed by atoms with Crippen molar-refractivity contribution in [1.29, 1.82) is 0 Å². The van der Waals surface area contributed by atoms with Gasteiger partial charge < -0.3 is 39.8 Å². The Labute approximate surface area is 234 Å². The van der Waals surface area contributed by atoms with Crippen molar-refractivity contribution in [3.8, 4) is 0 Å². The van der Waals surface area contributed by atoms with Gasteiger partial charge in [-0.3, -0.25) is 9.59 Å². The molecule has 230 valence electrons. The molecule has 0 heterocycles. The molecule has 4 N–H and O–H groups in total. The second-order valence-corrected chi connectivity index (χ2v) is 10.5. The maximum atomic E-state index is 12.6. The van der Waals surface area contributed by atoms with E-state index >= 15 is 0 Å². The number of amides is 2. The van der Waals surface area contributed by atoms with Crippen LogP contribution in [0.2, 0.25) is 0 Å². The summed E-state index contributed by atoms with van der Waals surface area (Å²) in [5.74, 6) is -5.87. The van der Waals surface area contributed by atoms with Gasteiger partial charge in [0.05, 0.1) is 11.8 Å². The maximum Gasteiger partial charge on any atom is 0.407 e. The van der Waals surface area contributed by atoms with Crippen molar-refractivity contribution in [3.63, 3.8) is 0 Å². The van der Waals surface area contributed by atoms with Crippen LogP contribution in [0.4, 0.5) is 9.59 Å². The van der Waals surface area contributed by atoms with E-state index in [1.54, 1.807) is 13.8 Å². The summed E-state index contributed by atoms with van der Waals surface area (Å²) < 4.78 is 20.3. The number of carbonyl (C=O) groups is 6. The number of ether oxygens (including phenoxy) is 4. The van der Waals surface area contributed by atoms with E-state index in [0.717, 1.165) is 12.8 Å². The van der Waals surface area contributed by atoms with E-state index in [1.807, 2.05) is 0 Å². The molecular formula is C26H44N2O12. The highest BCUT2D eigenvalue weighted by Crippen LogP contribution is 2.28. The number of aliphatic carboxylic acids is 2. The Balaban J connectivity index is 4.23. The summed E-state index contributed by atoms with van der Waals surface area (Å²) in [7, 11) is 0. The van der Waals surface area contributed by atoms with E-state index in [-0.39, 0.29) is 6.54 Å². The van der Waals surface area contributed by atoms with E-state index in [9.17, 15) is 33.9 Å². The normalized spacial score (nSPS) is 14.5. The van der Waals surface area contributed by atoms with E-state index in [0.29, 0.717) is 19.4 Å². The number of hydrogen-bond acceptors (Lipinski definition) is 10. The average molecular weight is 577 g/mol. The second kappa shape index (κ2) is 16.5. The minimum atomic E-state index is -1.36. The van der Waals surface area contributed by atoms with Gasteiger partial charge in [-0.25, -0.2) is 19.2 Å². The van der Waals surface area contributed by atoms with Crippen molar-refractivity contribution in [2.75, 3.05) is 13.1 Å². The van der Waals surface area contributed by atoms with Gasteiger partial charge >= 0.3 is 36.1 Å². The molecule has 2 amide bonds. The van der Waals surface area contributed by atoms with Gasteiger partial charge in [-0.1, -0.05) is 12.8 Å². The summed E-state index contributed by atoms with van der Waals surface area (Å²) in [5.41, 5.74) is -2.47. The summed E-state index contributed by atoms with van der Waals surface area (Å²) in [4.78, 5) is 70.2. The summed E-state index contributed by atoms with van der Waals surface area (Å²) in [6.07, 6.45) is -1.47. The van der Waals surface area contributed by atoms with Gasteiger partial charge in [0.1, 0.15) is 11.2 Å². The molecule has 0 radical (unpaired) electrons. The number of carboxylic acids is 2. The number of carboxylic acid groups (broad SMARTS) is 2. The third-order valence-electron chi connectivity index (χ3n) is 6.43. The van der Waals surface area contributed by atoms with Crippen LogP contribution in [0, 0.1) is 11.8 Å². The highest BCUT2D eigenvalue weighted by Gasteiger charge is 2.41. The van der Waals surface area contributed by atoms with Crippen LogP contribution < -0.4 is 10.6 Å². The molecule has 14 nitrogen and oxygen atoms in total. The molecule has 0 saturated heterocycles. The molecule has 0 aliphatic heterocycles. The van der Waals surface area contributed by atoms with Gasteiger partial charge in [-0.05, 0) is 68.2 Å². The van der Waals surface area contributed by atoms with Crippen LogP contribution in [-0.2, 0) is 38.1 Å². The molecule has 0 bridgehead atoms. The predicted octanol–water partition coefficient (Wildman–Crippen LogP) is 2.86. The molecule has 14 heteroatoms. The van der Waals surface area contributed by atoms with Gasteiger partial charge in [0.25, 0.3) is 0 Å². The maximum absolute atomic E-state index is 12.6. The van der Waals surface area contributed by atoms with Gasteiger partial charge in [-0.15, -0.1) is 0 Å². The number of hydrogen-bond donors (Lipinski definition) is 4. The number of nitrogens with one attached hydrogen (secondary N) is 2. The first-order valence-corrected chi connectivity index (χ1v) is 13.1. The zero-order valence-electron chi connectivity index (χ0n) is 24.5. The van der Waals surface area contributed by atoms with Crippen molar-refractivity contribution >= 4 is 36.1 Å². The van der Waals surface area contributed by atoms with Crippen molar-refractivity contribution in [2.45, 2.75) is 104 Å².